The Labute approximate surface area is 99.2 Å². The van der Waals surface area contributed by atoms with Gasteiger partial charge in [-0.1, -0.05) is 33.1 Å². The molecule has 0 spiro atoms. The Morgan fingerprint density at radius 1 is 1.38 bits per heavy atom. The van der Waals surface area contributed by atoms with Crippen molar-refractivity contribution in [3.8, 4) is 0 Å². The Morgan fingerprint density at radius 3 is 2.44 bits per heavy atom. The SMILES string of the molecule is CCC(C)[C@H](N)C(=O)NC(C)C1CCCC1. The molecule has 0 heterocycles. The molecule has 0 bridgehead atoms. The molecule has 3 nitrogen and oxygen atoms in total. The third-order valence-electron chi connectivity index (χ3n) is 4.04. The predicted molar refractivity (Wildman–Crippen MR) is 67.0 cm³/mol. The molecule has 1 amide bonds. The highest BCUT2D eigenvalue weighted by Crippen LogP contribution is 2.27. The topological polar surface area (TPSA) is 55.1 Å². The standard InChI is InChI=1S/C13H26N2O/c1-4-9(2)12(14)13(16)15-10(3)11-7-5-6-8-11/h9-12H,4-8,14H2,1-3H3,(H,15,16)/t9?,10?,12-/m0/s1. The van der Waals surface area contributed by atoms with Crippen molar-refractivity contribution in [3.63, 3.8) is 0 Å². The Hall–Kier alpha value is -0.570. The van der Waals surface area contributed by atoms with Crippen LogP contribution in [0.2, 0.25) is 0 Å². The summed E-state index contributed by atoms with van der Waals surface area (Å²) >= 11 is 0. The van der Waals surface area contributed by atoms with Crippen LogP contribution in [-0.2, 0) is 4.79 Å². The molecule has 0 aromatic rings. The summed E-state index contributed by atoms with van der Waals surface area (Å²) in [7, 11) is 0. The fourth-order valence-corrected chi connectivity index (χ4v) is 2.41. The van der Waals surface area contributed by atoms with Crippen LogP contribution in [-0.4, -0.2) is 18.0 Å². The zero-order valence-corrected chi connectivity index (χ0v) is 10.8. The van der Waals surface area contributed by atoms with E-state index in [0.717, 1.165) is 6.42 Å². The van der Waals surface area contributed by atoms with Gasteiger partial charge in [0.1, 0.15) is 0 Å². The Balaban J connectivity index is 2.37. The zero-order valence-electron chi connectivity index (χ0n) is 10.8. The van der Waals surface area contributed by atoms with E-state index in [-0.39, 0.29) is 23.9 Å². The lowest BCUT2D eigenvalue weighted by Gasteiger charge is -2.24. The fraction of sp³-hybridized carbons (Fsp3) is 0.923. The maximum absolute atomic E-state index is 11.9. The molecule has 0 saturated heterocycles. The maximum Gasteiger partial charge on any atom is 0.237 e. The van der Waals surface area contributed by atoms with Crippen LogP contribution in [0.1, 0.15) is 52.9 Å². The van der Waals surface area contributed by atoms with Crippen LogP contribution in [0.25, 0.3) is 0 Å². The van der Waals surface area contributed by atoms with Crippen molar-refractivity contribution in [2.75, 3.05) is 0 Å². The molecule has 94 valence electrons. The minimum Gasteiger partial charge on any atom is -0.352 e. The van der Waals surface area contributed by atoms with Gasteiger partial charge in [0.25, 0.3) is 0 Å². The monoisotopic (exact) mass is 226 g/mol. The summed E-state index contributed by atoms with van der Waals surface area (Å²) in [6.45, 7) is 6.21. The summed E-state index contributed by atoms with van der Waals surface area (Å²) in [5.41, 5.74) is 5.91. The molecule has 0 aromatic heterocycles. The second-order valence-electron chi connectivity index (χ2n) is 5.25. The first-order chi connectivity index (χ1) is 7.56. The first-order valence-electron chi connectivity index (χ1n) is 6.62. The van der Waals surface area contributed by atoms with Crippen molar-refractivity contribution in [1.82, 2.24) is 5.32 Å². The van der Waals surface area contributed by atoms with Gasteiger partial charge < -0.3 is 11.1 Å². The van der Waals surface area contributed by atoms with Crippen LogP contribution in [0.5, 0.6) is 0 Å². The number of carbonyl (C=O) groups excluding carboxylic acids is 1. The van der Waals surface area contributed by atoms with Gasteiger partial charge in [-0.25, -0.2) is 0 Å². The average Bonchev–Trinajstić information content (AvgIpc) is 2.80. The maximum atomic E-state index is 11.9. The highest BCUT2D eigenvalue weighted by atomic mass is 16.2. The summed E-state index contributed by atoms with van der Waals surface area (Å²) in [5.74, 6) is 0.942. The fourth-order valence-electron chi connectivity index (χ4n) is 2.41. The molecule has 3 atom stereocenters. The third-order valence-corrected chi connectivity index (χ3v) is 4.04. The highest BCUT2D eigenvalue weighted by molar-refractivity contribution is 5.82. The van der Waals surface area contributed by atoms with Crippen LogP contribution in [0.4, 0.5) is 0 Å². The zero-order chi connectivity index (χ0) is 12.1. The molecular formula is C13H26N2O. The van der Waals surface area contributed by atoms with Crippen molar-refractivity contribution in [1.29, 1.82) is 0 Å². The van der Waals surface area contributed by atoms with Gasteiger partial charge in [-0.3, -0.25) is 4.79 Å². The van der Waals surface area contributed by atoms with Crippen molar-refractivity contribution in [2.45, 2.75) is 65.0 Å². The molecule has 16 heavy (non-hydrogen) atoms. The molecule has 1 aliphatic rings. The Kier molecular flexibility index (Phi) is 5.26. The molecule has 0 aliphatic heterocycles. The van der Waals surface area contributed by atoms with Gasteiger partial charge in [-0.15, -0.1) is 0 Å². The smallest absolute Gasteiger partial charge is 0.237 e. The molecule has 1 fully saturated rings. The molecule has 2 unspecified atom stereocenters. The van der Waals surface area contributed by atoms with E-state index in [2.05, 4.69) is 19.2 Å². The number of nitrogens with two attached hydrogens (primary N) is 1. The third kappa shape index (κ3) is 3.48. The van der Waals surface area contributed by atoms with Crippen LogP contribution >= 0.6 is 0 Å². The van der Waals surface area contributed by atoms with E-state index in [1.54, 1.807) is 0 Å². The van der Waals surface area contributed by atoms with E-state index in [0.29, 0.717) is 5.92 Å². The van der Waals surface area contributed by atoms with Gasteiger partial charge in [0.2, 0.25) is 5.91 Å². The quantitative estimate of drug-likeness (QED) is 0.754. The van der Waals surface area contributed by atoms with Crippen LogP contribution in [0.15, 0.2) is 0 Å². The van der Waals surface area contributed by atoms with Crippen molar-refractivity contribution < 1.29 is 4.79 Å². The average molecular weight is 226 g/mol. The van der Waals surface area contributed by atoms with Crippen LogP contribution in [0.3, 0.4) is 0 Å². The van der Waals surface area contributed by atoms with Gasteiger partial charge in [0, 0.05) is 6.04 Å². The number of hydrogen-bond acceptors (Lipinski definition) is 2. The van der Waals surface area contributed by atoms with E-state index in [9.17, 15) is 4.79 Å². The normalized spacial score (nSPS) is 22.8. The predicted octanol–water partition coefficient (Wildman–Crippen LogP) is 2.05. The van der Waals surface area contributed by atoms with Crippen molar-refractivity contribution in [2.24, 2.45) is 17.6 Å². The molecule has 1 saturated carbocycles. The minimum atomic E-state index is -0.353. The van der Waals surface area contributed by atoms with Gasteiger partial charge in [-0.05, 0) is 31.6 Å². The van der Waals surface area contributed by atoms with Gasteiger partial charge >= 0.3 is 0 Å². The molecule has 3 N–H and O–H groups in total. The summed E-state index contributed by atoms with van der Waals surface area (Å²) in [5, 5.41) is 3.07. The number of amides is 1. The highest BCUT2D eigenvalue weighted by Gasteiger charge is 2.26. The molecule has 1 rings (SSSR count). The lowest BCUT2D eigenvalue weighted by molar-refractivity contribution is -0.124. The Bertz CT molecular complexity index is 224. The lowest BCUT2D eigenvalue weighted by Crippen LogP contribution is -2.49. The van der Waals surface area contributed by atoms with Crippen molar-refractivity contribution in [3.05, 3.63) is 0 Å². The van der Waals surface area contributed by atoms with Crippen LogP contribution < -0.4 is 11.1 Å². The Morgan fingerprint density at radius 2 is 1.94 bits per heavy atom. The number of rotatable bonds is 5. The molecule has 0 radical (unpaired) electrons. The van der Waals surface area contributed by atoms with Crippen LogP contribution in [0, 0.1) is 11.8 Å². The van der Waals surface area contributed by atoms with E-state index < -0.39 is 0 Å². The van der Waals surface area contributed by atoms with E-state index in [4.69, 9.17) is 5.73 Å². The number of carbonyl (C=O) groups is 1. The van der Waals surface area contributed by atoms with Gasteiger partial charge in [-0.2, -0.15) is 0 Å². The van der Waals surface area contributed by atoms with Crippen molar-refractivity contribution >= 4 is 5.91 Å². The summed E-state index contributed by atoms with van der Waals surface area (Å²) in [4.78, 5) is 11.9. The minimum absolute atomic E-state index is 0.0220. The number of nitrogens with one attached hydrogen (secondary N) is 1. The van der Waals surface area contributed by atoms with E-state index >= 15 is 0 Å². The lowest BCUT2D eigenvalue weighted by atomic mass is 9.96. The van der Waals surface area contributed by atoms with E-state index in [1.165, 1.54) is 25.7 Å². The molecule has 1 aliphatic carbocycles. The molecule has 3 heteroatoms. The first-order valence-corrected chi connectivity index (χ1v) is 6.62. The largest absolute Gasteiger partial charge is 0.352 e. The second-order valence-corrected chi connectivity index (χ2v) is 5.25. The first kappa shape index (κ1) is 13.5. The van der Waals surface area contributed by atoms with Gasteiger partial charge in [0.05, 0.1) is 6.04 Å². The number of hydrogen-bond donors (Lipinski definition) is 2. The molecular weight excluding hydrogens is 200 g/mol. The summed E-state index contributed by atoms with van der Waals surface area (Å²) in [6, 6.07) is -0.0704. The molecule has 0 aromatic carbocycles. The van der Waals surface area contributed by atoms with Gasteiger partial charge in [0.15, 0.2) is 0 Å². The van der Waals surface area contributed by atoms with E-state index in [1.807, 2.05) is 6.92 Å². The second kappa shape index (κ2) is 6.24. The summed E-state index contributed by atoms with van der Waals surface area (Å²) < 4.78 is 0. The summed E-state index contributed by atoms with van der Waals surface area (Å²) in [6.07, 6.45) is 6.07.